The highest BCUT2D eigenvalue weighted by Crippen LogP contribution is 2.34. The summed E-state index contributed by atoms with van der Waals surface area (Å²) < 4.78 is 1.12. The Labute approximate surface area is 173 Å². The fourth-order valence-corrected chi connectivity index (χ4v) is 4.43. The lowest BCUT2D eigenvalue weighted by atomic mass is 10.1. The number of carbonyl (C=O) groups is 1. The van der Waals surface area contributed by atoms with E-state index < -0.39 is 0 Å². The minimum atomic E-state index is -0.110. The molecular formula is C23H19ClN2OS. The van der Waals surface area contributed by atoms with Crippen molar-refractivity contribution in [2.24, 2.45) is 0 Å². The predicted octanol–water partition coefficient (Wildman–Crippen LogP) is 6.41. The molecule has 0 saturated heterocycles. The van der Waals surface area contributed by atoms with Gasteiger partial charge in [0.05, 0.1) is 16.8 Å². The summed E-state index contributed by atoms with van der Waals surface area (Å²) in [6.45, 7) is 4.57. The molecule has 3 nitrogen and oxygen atoms in total. The number of fused-ring (bicyclic) bond motifs is 1. The largest absolute Gasteiger partial charge is 0.279 e. The molecule has 0 aliphatic carbocycles. The molecule has 4 aromatic rings. The van der Waals surface area contributed by atoms with Gasteiger partial charge in [0.1, 0.15) is 0 Å². The molecule has 0 N–H and O–H groups in total. The molecule has 0 spiro atoms. The highest BCUT2D eigenvalue weighted by Gasteiger charge is 2.22. The van der Waals surface area contributed by atoms with Gasteiger partial charge < -0.3 is 0 Å². The van der Waals surface area contributed by atoms with Crippen molar-refractivity contribution in [3.8, 4) is 0 Å². The summed E-state index contributed by atoms with van der Waals surface area (Å²) in [6, 6.07) is 21.2. The van der Waals surface area contributed by atoms with Crippen LogP contribution in [0, 0.1) is 13.8 Å². The number of rotatable bonds is 4. The second-order valence-corrected chi connectivity index (χ2v) is 8.17. The van der Waals surface area contributed by atoms with Crippen LogP contribution in [0.3, 0.4) is 0 Å². The van der Waals surface area contributed by atoms with Gasteiger partial charge in [0, 0.05) is 10.6 Å². The Morgan fingerprint density at radius 1 is 1.00 bits per heavy atom. The number of hydrogen-bond donors (Lipinski definition) is 0. The first-order valence-electron chi connectivity index (χ1n) is 9.01. The molecule has 0 bridgehead atoms. The van der Waals surface area contributed by atoms with Gasteiger partial charge in [0.2, 0.25) is 0 Å². The topological polar surface area (TPSA) is 33.2 Å². The number of aromatic nitrogens is 1. The number of aryl methyl sites for hydroxylation is 2. The van der Waals surface area contributed by atoms with Crippen LogP contribution in [0.2, 0.25) is 5.02 Å². The smallest absolute Gasteiger partial charge is 0.260 e. The third-order valence-corrected chi connectivity index (χ3v) is 6.11. The number of halogens is 1. The Morgan fingerprint density at radius 3 is 2.46 bits per heavy atom. The highest BCUT2D eigenvalue weighted by atomic mass is 35.5. The van der Waals surface area contributed by atoms with Gasteiger partial charge in [0.25, 0.3) is 5.91 Å². The van der Waals surface area contributed by atoms with Crippen molar-refractivity contribution < 1.29 is 4.79 Å². The maximum Gasteiger partial charge on any atom is 0.260 e. The van der Waals surface area contributed by atoms with Gasteiger partial charge in [-0.05, 0) is 48.7 Å². The molecule has 0 atom stereocenters. The highest BCUT2D eigenvalue weighted by molar-refractivity contribution is 7.22. The van der Waals surface area contributed by atoms with E-state index in [4.69, 9.17) is 16.6 Å². The van der Waals surface area contributed by atoms with Crippen molar-refractivity contribution in [2.75, 3.05) is 4.90 Å². The average Bonchev–Trinajstić information content (AvgIpc) is 3.16. The molecule has 0 saturated carbocycles. The molecule has 1 aromatic heterocycles. The monoisotopic (exact) mass is 406 g/mol. The fraction of sp³-hybridized carbons (Fsp3) is 0.130. The fourth-order valence-electron chi connectivity index (χ4n) is 3.13. The van der Waals surface area contributed by atoms with Gasteiger partial charge in [-0.3, -0.25) is 9.69 Å². The second-order valence-electron chi connectivity index (χ2n) is 6.76. The van der Waals surface area contributed by atoms with E-state index >= 15 is 0 Å². The van der Waals surface area contributed by atoms with E-state index in [1.54, 1.807) is 40.5 Å². The van der Waals surface area contributed by atoms with Crippen LogP contribution in [0.25, 0.3) is 10.2 Å². The van der Waals surface area contributed by atoms with E-state index in [1.165, 1.54) is 5.56 Å². The van der Waals surface area contributed by atoms with Crippen molar-refractivity contribution >= 4 is 44.2 Å². The van der Waals surface area contributed by atoms with Gasteiger partial charge in [-0.1, -0.05) is 71.5 Å². The number of nitrogens with zero attached hydrogens (tertiary/aromatic N) is 2. The summed E-state index contributed by atoms with van der Waals surface area (Å²) in [7, 11) is 0. The molecule has 1 amide bonds. The van der Waals surface area contributed by atoms with E-state index in [1.807, 2.05) is 37.3 Å². The second kappa shape index (κ2) is 7.74. The zero-order chi connectivity index (χ0) is 19.7. The first-order chi connectivity index (χ1) is 13.5. The van der Waals surface area contributed by atoms with Crippen LogP contribution in [0.4, 0.5) is 5.13 Å². The van der Waals surface area contributed by atoms with Crippen LogP contribution in [0.5, 0.6) is 0 Å². The summed E-state index contributed by atoms with van der Waals surface area (Å²) in [5.74, 6) is -0.110. The van der Waals surface area contributed by atoms with Crippen LogP contribution >= 0.6 is 22.9 Å². The maximum absolute atomic E-state index is 13.4. The molecule has 0 unspecified atom stereocenters. The van der Waals surface area contributed by atoms with Crippen LogP contribution in [-0.2, 0) is 6.54 Å². The van der Waals surface area contributed by atoms with E-state index in [0.717, 1.165) is 21.3 Å². The molecule has 0 aliphatic heterocycles. The number of thiazole rings is 1. The summed E-state index contributed by atoms with van der Waals surface area (Å²) in [5.41, 5.74) is 4.83. The minimum absolute atomic E-state index is 0.110. The number of amides is 1. The Hall–Kier alpha value is -2.69. The van der Waals surface area contributed by atoms with E-state index in [2.05, 4.69) is 19.1 Å². The lowest BCUT2D eigenvalue weighted by Gasteiger charge is -2.20. The maximum atomic E-state index is 13.4. The molecule has 1 heterocycles. The first kappa shape index (κ1) is 18.7. The average molecular weight is 407 g/mol. The molecular weight excluding hydrogens is 388 g/mol. The number of anilines is 1. The minimum Gasteiger partial charge on any atom is -0.279 e. The Kier molecular flexibility index (Phi) is 5.16. The third kappa shape index (κ3) is 3.66. The molecule has 140 valence electrons. The van der Waals surface area contributed by atoms with Crippen molar-refractivity contribution in [1.82, 2.24) is 4.98 Å². The van der Waals surface area contributed by atoms with Gasteiger partial charge >= 0.3 is 0 Å². The molecule has 4 rings (SSSR count). The van der Waals surface area contributed by atoms with E-state index in [0.29, 0.717) is 22.3 Å². The van der Waals surface area contributed by atoms with Gasteiger partial charge in [-0.25, -0.2) is 4.98 Å². The zero-order valence-electron chi connectivity index (χ0n) is 15.6. The summed E-state index contributed by atoms with van der Waals surface area (Å²) in [4.78, 5) is 20.0. The normalized spacial score (nSPS) is 11.0. The standard InChI is InChI=1S/C23H19ClN2OS/c1-15-11-12-16(2)21-20(15)25-23(28-21)26(14-17-7-4-3-5-8-17)22(27)18-9-6-10-19(24)13-18/h3-13H,14H2,1-2H3. The third-order valence-electron chi connectivity index (χ3n) is 4.66. The Balaban J connectivity index is 1.82. The van der Waals surface area contributed by atoms with Crippen molar-refractivity contribution in [3.05, 3.63) is 94.0 Å². The molecule has 3 aromatic carbocycles. The number of carbonyl (C=O) groups excluding carboxylic acids is 1. The zero-order valence-corrected chi connectivity index (χ0v) is 17.2. The van der Waals surface area contributed by atoms with E-state index in [9.17, 15) is 4.79 Å². The summed E-state index contributed by atoms with van der Waals surface area (Å²) in [5, 5.41) is 1.24. The van der Waals surface area contributed by atoms with Crippen molar-refractivity contribution in [2.45, 2.75) is 20.4 Å². The van der Waals surface area contributed by atoms with Crippen molar-refractivity contribution in [3.63, 3.8) is 0 Å². The molecule has 0 radical (unpaired) electrons. The molecule has 0 fully saturated rings. The quantitative estimate of drug-likeness (QED) is 0.392. The number of hydrogen-bond acceptors (Lipinski definition) is 3. The van der Waals surface area contributed by atoms with Crippen LogP contribution in [0.1, 0.15) is 27.0 Å². The molecule has 28 heavy (non-hydrogen) atoms. The molecule has 0 aliphatic rings. The van der Waals surface area contributed by atoms with Gasteiger partial charge in [-0.15, -0.1) is 0 Å². The van der Waals surface area contributed by atoms with Crippen LogP contribution in [-0.4, -0.2) is 10.9 Å². The first-order valence-corrected chi connectivity index (χ1v) is 10.2. The van der Waals surface area contributed by atoms with E-state index in [-0.39, 0.29) is 5.91 Å². The van der Waals surface area contributed by atoms with Gasteiger partial charge in [0.15, 0.2) is 5.13 Å². The lowest BCUT2D eigenvalue weighted by molar-refractivity contribution is 0.0985. The lowest BCUT2D eigenvalue weighted by Crippen LogP contribution is -2.30. The Bertz CT molecular complexity index is 1110. The number of benzene rings is 3. The SMILES string of the molecule is Cc1ccc(C)c2sc(N(Cc3ccccc3)C(=O)c3cccc(Cl)c3)nc12. The predicted molar refractivity (Wildman–Crippen MR) is 118 cm³/mol. The Morgan fingerprint density at radius 2 is 1.75 bits per heavy atom. The molecule has 5 heteroatoms. The van der Waals surface area contributed by atoms with Crippen molar-refractivity contribution in [1.29, 1.82) is 0 Å². The summed E-state index contributed by atoms with van der Waals surface area (Å²) >= 11 is 7.68. The van der Waals surface area contributed by atoms with Crippen LogP contribution in [0.15, 0.2) is 66.7 Å². The summed E-state index contributed by atoms with van der Waals surface area (Å²) in [6.07, 6.45) is 0. The van der Waals surface area contributed by atoms with Crippen LogP contribution < -0.4 is 4.90 Å². The van der Waals surface area contributed by atoms with Gasteiger partial charge in [-0.2, -0.15) is 0 Å².